The normalized spacial score (nSPS) is 11.7. The molecule has 0 radical (unpaired) electrons. The molecule has 2 aromatic rings. The maximum absolute atomic E-state index is 11.9. The van der Waals surface area contributed by atoms with Gasteiger partial charge in [-0.25, -0.2) is 14.3 Å². The molecule has 0 aromatic carbocycles. The highest BCUT2D eigenvalue weighted by molar-refractivity contribution is 5.88. The van der Waals surface area contributed by atoms with Crippen molar-refractivity contribution in [2.24, 2.45) is 0 Å². The molecule has 0 amide bonds. The first-order valence-corrected chi connectivity index (χ1v) is 5.33. The molecule has 0 saturated heterocycles. The van der Waals surface area contributed by atoms with E-state index >= 15 is 0 Å². The Kier molecular flexibility index (Phi) is 2.53. The minimum absolute atomic E-state index is 0.440. The summed E-state index contributed by atoms with van der Waals surface area (Å²) in [6, 6.07) is 3.55. The van der Waals surface area contributed by atoms with Crippen molar-refractivity contribution in [1.82, 2.24) is 9.55 Å². The maximum Gasteiger partial charge on any atom is 0.420 e. The number of nitrogens with two attached hydrogens (primary N) is 1. The lowest BCUT2D eigenvalue weighted by molar-refractivity contribution is 0.0543. The number of rotatable bonds is 0. The van der Waals surface area contributed by atoms with Crippen LogP contribution in [0.15, 0.2) is 24.5 Å². The molecule has 2 aromatic heterocycles. The number of ether oxygens (including phenoxy) is 1. The molecular weight excluding hydrogens is 218 g/mol. The van der Waals surface area contributed by atoms with E-state index in [0.717, 1.165) is 5.39 Å². The molecule has 90 valence electrons. The van der Waals surface area contributed by atoms with E-state index in [1.165, 1.54) is 10.8 Å². The minimum Gasteiger partial charge on any atom is -0.443 e. The Morgan fingerprint density at radius 1 is 1.47 bits per heavy atom. The van der Waals surface area contributed by atoms with Gasteiger partial charge >= 0.3 is 6.09 Å². The molecule has 2 N–H and O–H groups in total. The standard InChI is InChI=1S/C12H15N3O2/c1-12(2,3)17-11(16)15-5-4-8-6-9(13)7-14-10(8)15/h4-7H,13H2,1-3H3. The molecule has 2 heterocycles. The third-order valence-corrected chi connectivity index (χ3v) is 2.14. The van der Waals surface area contributed by atoms with Crippen LogP contribution in [-0.2, 0) is 4.74 Å². The zero-order valence-corrected chi connectivity index (χ0v) is 10.1. The molecule has 0 saturated carbocycles. The van der Waals surface area contributed by atoms with E-state index in [0.29, 0.717) is 11.3 Å². The molecule has 0 spiro atoms. The summed E-state index contributed by atoms with van der Waals surface area (Å²) in [5, 5.41) is 0.816. The fraction of sp³-hybridized carbons (Fsp3) is 0.333. The number of nitrogen functional groups attached to an aromatic ring is 1. The summed E-state index contributed by atoms with van der Waals surface area (Å²) in [5.41, 5.74) is 6.22. The van der Waals surface area contributed by atoms with Crippen LogP contribution in [0.5, 0.6) is 0 Å². The SMILES string of the molecule is CC(C)(C)OC(=O)n1ccc2cc(N)cnc21. The molecule has 0 aliphatic rings. The second kappa shape index (κ2) is 3.76. The Morgan fingerprint density at radius 3 is 2.82 bits per heavy atom. The van der Waals surface area contributed by atoms with E-state index in [-0.39, 0.29) is 0 Å². The lowest BCUT2D eigenvalue weighted by Crippen LogP contribution is -2.26. The number of anilines is 1. The van der Waals surface area contributed by atoms with Crippen LogP contribution in [0.4, 0.5) is 10.5 Å². The molecule has 0 fully saturated rings. The van der Waals surface area contributed by atoms with Crippen molar-refractivity contribution < 1.29 is 9.53 Å². The van der Waals surface area contributed by atoms with Gasteiger partial charge in [-0.05, 0) is 32.9 Å². The largest absolute Gasteiger partial charge is 0.443 e. The molecule has 0 bridgehead atoms. The highest BCUT2D eigenvalue weighted by atomic mass is 16.6. The van der Waals surface area contributed by atoms with Crippen molar-refractivity contribution in [1.29, 1.82) is 0 Å². The predicted molar refractivity (Wildman–Crippen MR) is 65.8 cm³/mol. The van der Waals surface area contributed by atoms with Crippen molar-refractivity contribution >= 4 is 22.8 Å². The zero-order chi connectivity index (χ0) is 12.6. The average Bonchev–Trinajstić information content (AvgIpc) is 2.57. The van der Waals surface area contributed by atoms with E-state index in [4.69, 9.17) is 10.5 Å². The fourth-order valence-electron chi connectivity index (χ4n) is 1.50. The Hall–Kier alpha value is -2.04. The van der Waals surface area contributed by atoms with Crippen LogP contribution in [0.3, 0.4) is 0 Å². The topological polar surface area (TPSA) is 70.1 Å². The second-order valence-electron chi connectivity index (χ2n) is 4.85. The molecule has 0 atom stereocenters. The van der Waals surface area contributed by atoms with Crippen LogP contribution in [-0.4, -0.2) is 21.2 Å². The first-order chi connectivity index (χ1) is 7.87. The van der Waals surface area contributed by atoms with Gasteiger partial charge in [-0.3, -0.25) is 0 Å². The summed E-state index contributed by atoms with van der Waals surface area (Å²) in [6.45, 7) is 5.46. The van der Waals surface area contributed by atoms with Crippen LogP contribution < -0.4 is 5.73 Å². The lowest BCUT2D eigenvalue weighted by atomic mass is 10.2. The van der Waals surface area contributed by atoms with Gasteiger partial charge in [0.05, 0.1) is 11.9 Å². The van der Waals surface area contributed by atoms with E-state index in [1.54, 1.807) is 18.3 Å². The van der Waals surface area contributed by atoms with Gasteiger partial charge < -0.3 is 10.5 Å². The summed E-state index contributed by atoms with van der Waals surface area (Å²) in [6.07, 6.45) is 2.71. The van der Waals surface area contributed by atoms with Crippen molar-refractivity contribution in [2.75, 3.05) is 5.73 Å². The third-order valence-electron chi connectivity index (χ3n) is 2.14. The molecule has 0 aliphatic heterocycles. The van der Waals surface area contributed by atoms with Gasteiger partial charge in [0.2, 0.25) is 0 Å². The Balaban J connectivity index is 2.40. The number of aromatic nitrogens is 2. The van der Waals surface area contributed by atoms with Crippen LogP contribution >= 0.6 is 0 Å². The van der Waals surface area contributed by atoms with Gasteiger partial charge in [-0.1, -0.05) is 0 Å². The van der Waals surface area contributed by atoms with Crippen LogP contribution in [0.1, 0.15) is 20.8 Å². The first-order valence-electron chi connectivity index (χ1n) is 5.33. The summed E-state index contributed by atoms with van der Waals surface area (Å²) in [7, 11) is 0. The molecular formula is C12H15N3O2. The number of hydrogen-bond donors (Lipinski definition) is 1. The second-order valence-corrected chi connectivity index (χ2v) is 4.85. The Bertz CT molecular complexity index is 567. The average molecular weight is 233 g/mol. The number of nitrogens with zero attached hydrogens (tertiary/aromatic N) is 2. The Morgan fingerprint density at radius 2 is 2.18 bits per heavy atom. The highest BCUT2D eigenvalue weighted by Crippen LogP contribution is 2.17. The third kappa shape index (κ3) is 2.38. The number of pyridine rings is 1. The van der Waals surface area contributed by atoms with E-state index in [2.05, 4.69) is 4.98 Å². The quantitative estimate of drug-likeness (QED) is 0.758. The molecule has 2 rings (SSSR count). The van der Waals surface area contributed by atoms with Gasteiger partial charge in [-0.2, -0.15) is 0 Å². The van der Waals surface area contributed by atoms with Crippen molar-refractivity contribution in [3.8, 4) is 0 Å². The van der Waals surface area contributed by atoms with E-state index in [9.17, 15) is 4.79 Å². The minimum atomic E-state index is -0.526. The van der Waals surface area contributed by atoms with E-state index < -0.39 is 11.7 Å². The molecule has 5 heteroatoms. The number of carbonyl (C=O) groups excluding carboxylic acids is 1. The van der Waals surface area contributed by atoms with Crippen LogP contribution in [0.25, 0.3) is 11.0 Å². The van der Waals surface area contributed by atoms with E-state index in [1.807, 2.05) is 20.8 Å². The van der Waals surface area contributed by atoms with Crippen molar-refractivity contribution in [3.63, 3.8) is 0 Å². The summed E-state index contributed by atoms with van der Waals surface area (Å²) in [4.78, 5) is 16.0. The first kappa shape index (κ1) is 11.4. The van der Waals surface area contributed by atoms with Gasteiger partial charge in [0.15, 0.2) is 0 Å². The number of hydrogen-bond acceptors (Lipinski definition) is 4. The smallest absolute Gasteiger partial charge is 0.420 e. The molecule has 5 nitrogen and oxygen atoms in total. The molecule has 0 aliphatic carbocycles. The van der Waals surface area contributed by atoms with Gasteiger partial charge in [0.1, 0.15) is 11.2 Å². The van der Waals surface area contributed by atoms with Crippen LogP contribution in [0, 0.1) is 0 Å². The van der Waals surface area contributed by atoms with Gasteiger partial charge in [-0.15, -0.1) is 0 Å². The monoisotopic (exact) mass is 233 g/mol. The Labute approximate surface area is 99.2 Å². The summed E-state index contributed by atoms with van der Waals surface area (Å²) < 4.78 is 6.65. The summed E-state index contributed by atoms with van der Waals surface area (Å²) in [5.74, 6) is 0. The number of fused-ring (bicyclic) bond motifs is 1. The highest BCUT2D eigenvalue weighted by Gasteiger charge is 2.19. The lowest BCUT2D eigenvalue weighted by Gasteiger charge is -2.19. The van der Waals surface area contributed by atoms with Gasteiger partial charge in [0.25, 0.3) is 0 Å². The molecule has 17 heavy (non-hydrogen) atoms. The van der Waals surface area contributed by atoms with Gasteiger partial charge in [0, 0.05) is 11.6 Å². The number of carbonyl (C=O) groups is 1. The summed E-state index contributed by atoms with van der Waals surface area (Å²) >= 11 is 0. The van der Waals surface area contributed by atoms with Crippen molar-refractivity contribution in [3.05, 3.63) is 24.5 Å². The fourth-order valence-corrected chi connectivity index (χ4v) is 1.50. The molecule has 0 unspecified atom stereocenters. The predicted octanol–water partition coefficient (Wildman–Crippen LogP) is 2.40. The van der Waals surface area contributed by atoms with Crippen LogP contribution in [0.2, 0.25) is 0 Å². The maximum atomic E-state index is 11.9. The zero-order valence-electron chi connectivity index (χ0n) is 10.1. The van der Waals surface area contributed by atoms with Crippen molar-refractivity contribution in [2.45, 2.75) is 26.4 Å².